The fourth-order valence-electron chi connectivity index (χ4n) is 4.52. The number of hydrogen-bond donors (Lipinski definition) is 1. The molecule has 1 aliphatic carbocycles. The van der Waals surface area contributed by atoms with E-state index < -0.39 is 10.0 Å². The largest absolute Gasteiger partial charge is 0.326 e. The maximum absolute atomic E-state index is 13.0. The van der Waals surface area contributed by atoms with Gasteiger partial charge in [0.05, 0.1) is 4.90 Å². The van der Waals surface area contributed by atoms with Crippen LogP contribution in [0.2, 0.25) is 0 Å². The second-order valence-corrected chi connectivity index (χ2v) is 10.3. The van der Waals surface area contributed by atoms with Crippen LogP contribution < -0.4 is 5.32 Å². The Morgan fingerprint density at radius 3 is 2.45 bits per heavy atom. The molecule has 0 bridgehead atoms. The predicted octanol–water partition coefficient (Wildman–Crippen LogP) is 3.81. The summed E-state index contributed by atoms with van der Waals surface area (Å²) in [6.45, 7) is 1.99. The van der Waals surface area contributed by atoms with Gasteiger partial charge in [-0.25, -0.2) is 8.42 Å². The zero-order valence-electron chi connectivity index (χ0n) is 17.8. The van der Waals surface area contributed by atoms with Crippen molar-refractivity contribution in [2.45, 2.75) is 50.3 Å². The molecule has 0 aromatic heterocycles. The summed E-state index contributed by atoms with van der Waals surface area (Å²) >= 11 is 0. The molecule has 1 aliphatic heterocycles. The molecule has 1 amide bonds. The normalized spacial score (nSPS) is 17.7. The van der Waals surface area contributed by atoms with E-state index in [1.54, 1.807) is 12.1 Å². The van der Waals surface area contributed by atoms with Crippen LogP contribution in [0, 0.1) is 5.92 Å². The van der Waals surface area contributed by atoms with E-state index in [9.17, 15) is 18.0 Å². The van der Waals surface area contributed by atoms with E-state index >= 15 is 0 Å². The van der Waals surface area contributed by atoms with E-state index in [1.807, 2.05) is 12.1 Å². The number of benzene rings is 2. The molecular weight excluding hydrogens is 412 g/mol. The highest BCUT2D eigenvalue weighted by Crippen LogP contribution is 2.30. The van der Waals surface area contributed by atoms with Gasteiger partial charge in [0.15, 0.2) is 5.78 Å². The molecule has 2 aliphatic rings. The van der Waals surface area contributed by atoms with Gasteiger partial charge >= 0.3 is 0 Å². The minimum absolute atomic E-state index is 0.0328. The van der Waals surface area contributed by atoms with Crippen LogP contribution in [0.3, 0.4) is 0 Å². The van der Waals surface area contributed by atoms with Gasteiger partial charge in [-0.3, -0.25) is 9.59 Å². The minimum atomic E-state index is -3.69. The SMILES string of the molecule is CC(=O)c1cccc(S(=O)(=O)N2CCC(C(=O)Nc3cccc4c3CCCC4)CC2)c1. The van der Waals surface area contributed by atoms with Gasteiger partial charge in [-0.1, -0.05) is 24.3 Å². The summed E-state index contributed by atoms with van der Waals surface area (Å²) < 4.78 is 27.4. The Balaban J connectivity index is 1.41. The third kappa shape index (κ3) is 4.57. The van der Waals surface area contributed by atoms with E-state index in [1.165, 1.54) is 40.9 Å². The number of fused-ring (bicyclic) bond motifs is 1. The van der Waals surface area contributed by atoms with Gasteiger partial charge in [-0.05, 0) is 74.8 Å². The van der Waals surface area contributed by atoms with Gasteiger partial charge in [-0.2, -0.15) is 4.31 Å². The Morgan fingerprint density at radius 1 is 1.00 bits per heavy atom. The van der Waals surface area contributed by atoms with Crippen molar-refractivity contribution >= 4 is 27.4 Å². The first-order chi connectivity index (χ1) is 14.9. The molecule has 0 atom stereocenters. The molecule has 1 heterocycles. The number of hydrogen-bond acceptors (Lipinski definition) is 4. The molecule has 1 fully saturated rings. The van der Waals surface area contributed by atoms with Gasteiger partial charge in [0.25, 0.3) is 0 Å². The van der Waals surface area contributed by atoms with Gasteiger partial charge in [0.2, 0.25) is 15.9 Å². The summed E-state index contributed by atoms with van der Waals surface area (Å²) in [5.41, 5.74) is 3.84. The zero-order chi connectivity index (χ0) is 22.0. The van der Waals surface area contributed by atoms with E-state index in [0.29, 0.717) is 18.4 Å². The number of amides is 1. The second kappa shape index (κ2) is 8.93. The number of nitrogens with one attached hydrogen (secondary N) is 1. The molecule has 2 aromatic rings. The Hall–Kier alpha value is -2.51. The van der Waals surface area contributed by atoms with E-state index in [-0.39, 0.29) is 35.6 Å². The third-order valence-corrected chi connectivity index (χ3v) is 8.25. The Morgan fingerprint density at radius 2 is 1.71 bits per heavy atom. The van der Waals surface area contributed by atoms with E-state index in [2.05, 4.69) is 11.4 Å². The number of sulfonamides is 1. The lowest BCUT2D eigenvalue weighted by Gasteiger charge is -2.31. The lowest BCUT2D eigenvalue weighted by Crippen LogP contribution is -2.41. The van der Waals surface area contributed by atoms with Gasteiger partial charge < -0.3 is 5.32 Å². The highest BCUT2D eigenvalue weighted by molar-refractivity contribution is 7.89. The summed E-state index contributed by atoms with van der Waals surface area (Å²) in [4.78, 5) is 24.6. The highest BCUT2D eigenvalue weighted by Gasteiger charge is 2.32. The summed E-state index contributed by atoms with van der Waals surface area (Å²) in [6, 6.07) is 12.2. The summed E-state index contributed by atoms with van der Waals surface area (Å²) in [5.74, 6) is -0.417. The number of Topliss-reactive ketones (excluding diaryl/α,β-unsaturated/α-hetero) is 1. The van der Waals surface area contributed by atoms with E-state index in [4.69, 9.17) is 0 Å². The number of aryl methyl sites for hydroxylation is 1. The quantitative estimate of drug-likeness (QED) is 0.717. The number of rotatable bonds is 5. The molecule has 0 saturated carbocycles. The molecule has 31 heavy (non-hydrogen) atoms. The summed E-state index contributed by atoms with van der Waals surface area (Å²) in [6.07, 6.45) is 5.33. The van der Waals surface area contributed by atoms with Gasteiger partial charge in [-0.15, -0.1) is 0 Å². The van der Waals surface area contributed by atoms with Crippen molar-refractivity contribution in [3.05, 3.63) is 59.2 Å². The smallest absolute Gasteiger partial charge is 0.243 e. The van der Waals surface area contributed by atoms with Crippen LogP contribution in [0.5, 0.6) is 0 Å². The van der Waals surface area contributed by atoms with Crippen molar-refractivity contribution < 1.29 is 18.0 Å². The van der Waals surface area contributed by atoms with Crippen molar-refractivity contribution in [3.63, 3.8) is 0 Å². The monoisotopic (exact) mass is 440 g/mol. The number of carbonyl (C=O) groups is 2. The number of piperidine rings is 1. The molecule has 2 aromatic carbocycles. The van der Waals surface area contributed by atoms with Gasteiger partial charge in [0.1, 0.15) is 0 Å². The molecule has 7 heteroatoms. The van der Waals surface area contributed by atoms with Crippen LogP contribution in [0.4, 0.5) is 5.69 Å². The van der Waals surface area contributed by atoms with Crippen molar-refractivity contribution in [2.75, 3.05) is 18.4 Å². The molecular formula is C24H28N2O4S. The standard InChI is InChI=1S/C24H28N2O4S/c1-17(27)20-8-4-9-21(16-20)31(29,30)26-14-12-19(13-15-26)24(28)25-23-11-5-7-18-6-2-3-10-22(18)23/h4-5,7-9,11,16,19H,2-3,6,10,12-15H2,1H3,(H,25,28). The fraction of sp³-hybridized carbons (Fsp3) is 0.417. The lowest BCUT2D eigenvalue weighted by atomic mass is 9.90. The molecule has 4 rings (SSSR count). The number of nitrogens with zero attached hydrogens (tertiary/aromatic N) is 1. The summed E-state index contributed by atoms with van der Waals surface area (Å²) in [5, 5.41) is 3.10. The average Bonchev–Trinajstić information content (AvgIpc) is 2.79. The predicted molar refractivity (Wildman–Crippen MR) is 120 cm³/mol. The van der Waals surface area contributed by atoms with Crippen LogP contribution in [0.25, 0.3) is 0 Å². The van der Waals surface area contributed by atoms with Gasteiger partial charge in [0, 0.05) is 30.3 Å². The first kappa shape index (κ1) is 21.7. The first-order valence-electron chi connectivity index (χ1n) is 10.9. The minimum Gasteiger partial charge on any atom is -0.326 e. The Bertz CT molecular complexity index is 1100. The van der Waals surface area contributed by atoms with E-state index in [0.717, 1.165) is 24.9 Å². The zero-order valence-corrected chi connectivity index (χ0v) is 18.6. The number of anilines is 1. The fourth-order valence-corrected chi connectivity index (χ4v) is 6.03. The first-order valence-corrected chi connectivity index (χ1v) is 12.3. The maximum atomic E-state index is 13.0. The second-order valence-electron chi connectivity index (χ2n) is 8.40. The van der Waals surface area contributed by atoms with Crippen LogP contribution in [0.15, 0.2) is 47.4 Å². The van der Waals surface area contributed by atoms with Crippen molar-refractivity contribution in [1.82, 2.24) is 4.31 Å². The molecule has 164 valence electrons. The molecule has 6 nitrogen and oxygen atoms in total. The molecule has 0 unspecified atom stereocenters. The van der Waals surface area contributed by atoms with Crippen molar-refractivity contribution in [1.29, 1.82) is 0 Å². The van der Waals surface area contributed by atoms with Crippen LogP contribution in [-0.4, -0.2) is 37.5 Å². The highest BCUT2D eigenvalue weighted by atomic mass is 32.2. The lowest BCUT2D eigenvalue weighted by molar-refractivity contribution is -0.120. The maximum Gasteiger partial charge on any atom is 0.243 e. The molecule has 0 radical (unpaired) electrons. The molecule has 1 N–H and O–H groups in total. The topological polar surface area (TPSA) is 83.6 Å². The van der Waals surface area contributed by atoms with Crippen molar-refractivity contribution in [3.8, 4) is 0 Å². The number of carbonyl (C=O) groups excluding carboxylic acids is 2. The summed E-state index contributed by atoms with van der Waals surface area (Å²) in [7, 11) is -3.69. The average molecular weight is 441 g/mol. The molecule has 0 spiro atoms. The van der Waals surface area contributed by atoms with Crippen LogP contribution >= 0.6 is 0 Å². The van der Waals surface area contributed by atoms with Crippen LogP contribution in [-0.2, 0) is 27.7 Å². The Labute approximate surface area is 183 Å². The third-order valence-electron chi connectivity index (χ3n) is 6.36. The molecule has 1 saturated heterocycles. The Kier molecular flexibility index (Phi) is 6.25. The number of ketones is 1. The van der Waals surface area contributed by atoms with Crippen LogP contribution in [0.1, 0.15) is 54.1 Å². The van der Waals surface area contributed by atoms with Crippen molar-refractivity contribution in [2.24, 2.45) is 5.92 Å².